The first kappa shape index (κ1) is 26.9. The van der Waals surface area contributed by atoms with Crippen molar-refractivity contribution in [2.24, 2.45) is 0 Å². The van der Waals surface area contributed by atoms with Crippen LogP contribution in [0.3, 0.4) is 0 Å². The van der Waals surface area contributed by atoms with Crippen LogP contribution in [0.25, 0.3) is 88.0 Å². The molecule has 1 aliphatic heterocycles. The van der Waals surface area contributed by atoms with E-state index in [2.05, 4.69) is 159 Å². The smallest absolute Gasteiger partial charge is 0.143 e. The maximum Gasteiger partial charge on any atom is 0.143 e. The van der Waals surface area contributed by atoms with Crippen LogP contribution in [-0.4, -0.2) is 0 Å². The highest BCUT2D eigenvalue weighted by molar-refractivity contribution is 6.21. The van der Waals surface area contributed by atoms with Crippen LogP contribution in [0.1, 0.15) is 25.0 Å². The van der Waals surface area contributed by atoms with Crippen LogP contribution >= 0.6 is 0 Å². The zero-order valence-corrected chi connectivity index (χ0v) is 27.2. The van der Waals surface area contributed by atoms with Gasteiger partial charge in [0.25, 0.3) is 0 Å². The second-order valence-corrected chi connectivity index (χ2v) is 14.0. The Morgan fingerprint density at radius 1 is 0.449 bits per heavy atom. The average Bonchev–Trinajstić information content (AvgIpc) is 3.65. The summed E-state index contributed by atoms with van der Waals surface area (Å²) in [5, 5.41) is 6.91. The van der Waals surface area contributed by atoms with Crippen LogP contribution in [0.5, 0.6) is 11.5 Å². The van der Waals surface area contributed by atoms with Crippen LogP contribution in [-0.2, 0) is 5.41 Å². The molecule has 0 saturated heterocycles. The van der Waals surface area contributed by atoms with E-state index in [-0.39, 0.29) is 5.41 Å². The number of hydrogen-bond donors (Lipinski definition) is 0. The van der Waals surface area contributed by atoms with Gasteiger partial charge >= 0.3 is 0 Å². The molecule has 9 aromatic rings. The fourth-order valence-electron chi connectivity index (χ4n) is 8.81. The van der Waals surface area contributed by atoms with Gasteiger partial charge in [-0.3, -0.25) is 0 Å². The van der Waals surface area contributed by atoms with Crippen molar-refractivity contribution in [3.05, 3.63) is 157 Å². The Labute approximate surface area is 283 Å². The lowest BCUT2D eigenvalue weighted by Gasteiger charge is -2.24. The van der Waals surface area contributed by atoms with Crippen LogP contribution in [0, 0.1) is 0 Å². The number of fused-ring (bicyclic) bond motifs is 10. The minimum Gasteiger partial charge on any atom is -0.456 e. The van der Waals surface area contributed by atoms with Crippen molar-refractivity contribution < 1.29 is 9.15 Å². The van der Waals surface area contributed by atoms with Crippen molar-refractivity contribution in [2.75, 3.05) is 0 Å². The van der Waals surface area contributed by atoms with E-state index >= 15 is 0 Å². The highest BCUT2D eigenvalue weighted by Gasteiger charge is 2.36. The summed E-state index contributed by atoms with van der Waals surface area (Å²) in [7, 11) is 0. The van der Waals surface area contributed by atoms with Crippen LogP contribution in [0.4, 0.5) is 0 Å². The van der Waals surface area contributed by atoms with E-state index < -0.39 is 0 Å². The van der Waals surface area contributed by atoms with E-state index in [0.717, 1.165) is 55.3 Å². The molecule has 0 spiro atoms. The highest BCUT2D eigenvalue weighted by atomic mass is 16.5. The Kier molecular flexibility index (Phi) is 5.21. The third kappa shape index (κ3) is 3.55. The summed E-state index contributed by atoms with van der Waals surface area (Å²) in [5.41, 5.74) is 14.3. The monoisotopic (exact) mass is 626 g/mol. The van der Waals surface area contributed by atoms with Crippen molar-refractivity contribution in [3.8, 4) is 56.0 Å². The second-order valence-electron chi connectivity index (χ2n) is 14.0. The van der Waals surface area contributed by atoms with E-state index in [9.17, 15) is 0 Å². The van der Waals surface area contributed by atoms with E-state index in [1.165, 1.54) is 55.3 Å². The maximum absolute atomic E-state index is 6.69. The van der Waals surface area contributed by atoms with Crippen LogP contribution in [0.2, 0.25) is 0 Å². The normalized spacial score (nSPS) is 13.8. The molecule has 2 aliphatic rings. The van der Waals surface area contributed by atoms with Crippen LogP contribution < -0.4 is 4.74 Å². The van der Waals surface area contributed by atoms with Gasteiger partial charge in [-0.15, -0.1) is 0 Å². The molecular formula is C47H30O2. The standard InChI is InChI=1S/C47H30O2/c1-47(2)38-17-6-5-12-35(38)43-29(13-8-18-39(43)47)28-21-24-40-37(26-28)34-15-7-14-32-31(23-25-42(48-40)44(32)34)33-16-9-19-41-45(33)36-22-20-27-10-3-4-11-30(27)46(36)49-41/h3-26H,1-2H3. The van der Waals surface area contributed by atoms with Gasteiger partial charge in [-0.05, 0) is 91.2 Å². The lowest BCUT2D eigenvalue weighted by atomic mass is 9.82. The number of benzene rings is 8. The Bertz CT molecular complexity index is 2880. The lowest BCUT2D eigenvalue weighted by molar-refractivity contribution is 0.487. The van der Waals surface area contributed by atoms with Gasteiger partial charge in [0, 0.05) is 32.5 Å². The van der Waals surface area contributed by atoms with Gasteiger partial charge in [0.15, 0.2) is 0 Å². The zero-order valence-electron chi connectivity index (χ0n) is 27.2. The third-order valence-electron chi connectivity index (χ3n) is 11.1. The van der Waals surface area contributed by atoms with Gasteiger partial charge in [-0.25, -0.2) is 0 Å². The molecule has 11 rings (SSSR count). The van der Waals surface area contributed by atoms with E-state index in [1.807, 2.05) is 0 Å². The van der Waals surface area contributed by atoms with E-state index in [1.54, 1.807) is 0 Å². The molecule has 0 unspecified atom stereocenters. The second kappa shape index (κ2) is 9.49. The predicted molar refractivity (Wildman–Crippen MR) is 203 cm³/mol. The summed E-state index contributed by atoms with van der Waals surface area (Å²) in [5.74, 6) is 1.78. The summed E-state index contributed by atoms with van der Waals surface area (Å²) in [6, 6.07) is 52.6. The van der Waals surface area contributed by atoms with Crippen LogP contribution in [0.15, 0.2) is 150 Å². The largest absolute Gasteiger partial charge is 0.456 e. The van der Waals surface area contributed by atoms with Crippen molar-refractivity contribution in [1.82, 2.24) is 0 Å². The van der Waals surface area contributed by atoms with Crippen molar-refractivity contribution >= 4 is 43.5 Å². The number of furan rings is 1. The average molecular weight is 627 g/mol. The van der Waals surface area contributed by atoms with Crippen molar-refractivity contribution in [1.29, 1.82) is 0 Å². The fraction of sp³-hybridized carbons (Fsp3) is 0.0638. The Balaban J connectivity index is 1.12. The first-order valence-electron chi connectivity index (χ1n) is 17.0. The molecule has 230 valence electrons. The molecule has 0 saturated carbocycles. The first-order valence-corrected chi connectivity index (χ1v) is 17.0. The van der Waals surface area contributed by atoms with Gasteiger partial charge < -0.3 is 9.15 Å². The Morgan fingerprint density at radius 3 is 2.10 bits per heavy atom. The maximum atomic E-state index is 6.69. The lowest BCUT2D eigenvalue weighted by Crippen LogP contribution is -2.14. The number of ether oxygens (including phenoxy) is 1. The topological polar surface area (TPSA) is 22.4 Å². The van der Waals surface area contributed by atoms with Crippen molar-refractivity contribution in [2.45, 2.75) is 19.3 Å². The molecule has 2 heteroatoms. The predicted octanol–water partition coefficient (Wildman–Crippen LogP) is 13.3. The Morgan fingerprint density at radius 2 is 1.16 bits per heavy atom. The molecule has 0 N–H and O–H groups in total. The minimum atomic E-state index is -0.0452. The summed E-state index contributed by atoms with van der Waals surface area (Å²) in [4.78, 5) is 0. The van der Waals surface area contributed by atoms with Gasteiger partial charge in [0.05, 0.1) is 0 Å². The SMILES string of the molecule is CC1(C)c2ccccc2-c2c(-c3ccc4c(c3)-c3cccc5c(-c6cccc7oc8c9ccccc9ccc8c67)ccc(c35)O4)cccc21. The molecule has 0 radical (unpaired) electrons. The molecule has 1 aromatic heterocycles. The molecule has 0 amide bonds. The molecule has 0 fully saturated rings. The number of hydrogen-bond acceptors (Lipinski definition) is 2. The Hall–Kier alpha value is -6.12. The summed E-state index contributed by atoms with van der Waals surface area (Å²) >= 11 is 0. The molecule has 49 heavy (non-hydrogen) atoms. The molecule has 0 atom stereocenters. The first-order chi connectivity index (χ1) is 24.1. The van der Waals surface area contributed by atoms with Gasteiger partial charge in [-0.2, -0.15) is 0 Å². The van der Waals surface area contributed by atoms with E-state index in [4.69, 9.17) is 9.15 Å². The molecular weight excluding hydrogens is 597 g/mol. The van der Waals surface area contributed by atoms with Crippen molar-refractivity contribution in [3.63, 3.8) is 0 Å². The quantitative estimate of drug-likeness (QED) is 0.190. The minimum absolute atomic E-state index is 0.0452. The van der Waals surface area contributed by atoms with E-state index in [0.29, 0.717) is 0 Å². The van der Waals surface area contributed by atoms with Gasteiger partial charge in [0.1, 0.15) is 22.7 Å². The summed E-state index contributed by atoms with van der Waals surface area (Å²) in [6.45, 7) is 4.68. The summed E-state index contributed by atoms with van der Waals surface area (Å²) in [6.07, 6.45) is 0. The van der Waals surface area contributed by atoms with Gasteiger partial charge in [-0.1, -0.05) is 129 Å². The highest BCUT2D eigenvalue weighted by Crippen LogP contribution is 2.54. The molecule has 2 heterocycles. The molecule has 2 nitrogen and oxygen atoms in total. The van der Waals surface area contributed by atoms with Gasteiger partial charge in [0.2, 0.25) is 0 Å². The molecule has 0 bridgehead atoms. The number of rotatable bonds is 2. The zero-order chi connectivity index (χ0) is 32.4. The fourth-order valence-corrected chi connectivity index (χ4v) is 8.81. The molecule has 8 aromatic carbocycles. The summed E-state index contributed by atoms with van der Waals surface area (Å²) < 4.78 is 13.2. The third-order valence-corrected chi connectivity index (χ3v) is 11.1. The molecule has 1 aliphatic carbocycles.